The van der Waals surface area contributed by atoms with E-state index in [2.05, 4.69) is 0 Å². The van der Waals surface area contributed by atoms with Crippen molar-refractivity contribution in [2.75, 3.05) is 25.7 Å². The van der Waals surface area contributed by atoms with Crippen molar-refractivity contribution < 1.29 is 19.1 Å². The molecule has 0 unspecified atom stereocenters. The van der Waals surface area contributed by atoms with Gasteiger partial charge in [0.25, 0.3) is 0 Å². The molecule has 0 aliphatic rings. The van der Waals surface area contributed by atoms with Crippen LogP contribution in [0.2, 0.25) is 0 Å². The van der Waals surface area contributed by atoms with Gasteiger partial charge < -0.3 is 20.9 Å². The van der Waals surface area contributed by atoms with Crippen LogP contribution < -0.4 is 11.5 Å². The summed E-state index contributed by atoms with van der Waals surface area (Å²) in [4.78, 5) is 23.3. The van der Waals surface area contributed by atoms with E-state index in [0.717, 1.165) is 22.3 Å². The topological polar surface area (TPSA) is 105 Å². The van der Waals surface area contributed by atoms with Gasteiger partial charge in [-0.1, -0.05) is 24.3 Å². The van der Waals surface area contributed by atoms with Crippen molar-refractivity contribution in [1.29, 1.82) is 0 Å². The van der Waals surface area contributed by atoms with Gasteiger partial charge in [-0.25, -0.2) is 9.59 Å². The summed E-state index contributed by atoms with van der Waals surface area (Å²) < 4.78 is 9.47. The number of nitrogens with two attached hydrogens (primary N) is 2. The van der Waals surface area contributed by atoms with Crippen molar-refractivity contribution in [3.8, 4) is 22.3 Å². The molecule has 6 nitrogen and oxygen atoms in total. The van der Waals surface area contributed by atoms with Gasteiger partial charge in [0.2, 0.25) is 0 Å². The molecule has 3 aromatic rings. The Morgan fingerprint density at radius 2 is 0.964 bits per heavy atom. The number of carbonyl (C=O) groups excluding carboxylic acids is 2. The van der Waals surface area contributed by atoms with Gasteiger partial charge in [0.05, 0.1) is 36.7 Å². The number of methoxy groups -OCH3 is 2. The molecule has 0 aromatic heterocycles. The lowest BCUT2D eigenvalue weighted by molar-refractivity contribution is 0.0592. The zero-order chi connectivity index (χ0) is 20.3. The van der Waals surface area contributed by atoms with Crippen molar-refractivity contribution in [3.05, 3.63) is 71.8 Å². The third-order valence-electron chi connectivity index (χ3n) is 4.46. The maximum Gasteiger partial charge on any atom is 0.337 e. The second-order valence-electron chi connectivity index (χ2n) is 6.16. The Balaban J connectivity index is 2.08. The number of carbonyl (C=O) groups is 2. The number of benzene rings is 3. The van der Waals surface area contributed by atoms with E-state index in [1.807, 2.05) is 24.3 Å². The number of hydrogen-bond donors (Lipinski definition) is 2. The summed E-state index contributed by atoms with van der Waals surface area (Å²) in [5.41, 5.74) is 17.3. The highest BCUT2D eigenvalue weighted by Gasteiger charge is 2.13. The first-order valence-electron chi connectivity index (χ1n) is 8.51. The molecule has 28 heavy (non-hydrogen) atoms. The molecule has 0 atom stereocenters. The molecular formula is C22H20N2O4. The van der Waals surface area contributed by atoms with E-state index < -0.39 is 11.9 Å². The van der Waals surface area contributed by atoms with Crippen LogP contribution in [0.25, 0.3) is 22.3 Å². The maximum absolute atomic E-state index is 11.7. The molecule has 4 N–H and O–H groups in total. The normalized spacial score (nSPS) is 10.4. The average Bonchev–Trinajstić information content (AvgIpc) is 2.74. The number of anilines is 2. The van der Waals surface area contributed by atoms with Crippen LogP contribution in [0.4, 0.5) is 11.4 Å². The van der Waals surface area contributed by atoms with Crippen molar-refractivity contribution in [2.24, 2.45) is 0 Å². The lowest BCUT2D eigenvalue weighted by atomic mass is 9.92. The first-order chi connectivity index (χ1) is 13.4. The lowest BCUT2D eigenvalue weighted by Crippen LogP contribution is -2.01. The highest BCUT2D eigenvalue weighted by Crippen LogP contribution is 2.37. The molecule has 3 rings (SSSR count). The van der Waals surface area contributed by atoms with Gasteiger partial charge in [-0.05, 0) is 58.7 Å². The second kappa shape index (κ2) is 7.84. The van der Waals surface area contributed by atoms with Crippen LogP contribution in [-0.4, -0.2) is 26.2 Å². The lowest BCUT2D eigenvalue weighted by Gasteiger charge is -2.14. The molecule has 0 aliphatic carbocycles. The minimum atomic E-state index is -0.401. The van der Waals surface area contributed by atoms with Crippen LogP contribution in [0.15, 0.2) is 60.7 Å². The van der Waals surface area contributed by atoms with E-state index in [0.29, 0.717) is 22.5 Å². The molecule has 6 heteroatoms. The number of hydrogen-bond acceptors (Lipinski definition) is 6. The predicted octanol–water partition coefficient (Wildman–Crippen LogP) is 3.76. The summed E-state index contributed by atoms with van der Waals surface area (Å²) in [7, 11) is 2.68. The van der Waals surface area contributed by atoms with E-state index in [1.54, 1.807) is 36.4 Å². The Morgan fingerprint density at radius 3 is 1.25 bits per heavy atom. The van der Waals surface area contributed by atoms with Gasteiger partial charge in [-0.3, -0.25) is 0 Å². The fourth-order valence-electron chi connectivity index (χ4n) is 2.92. The summed E-state index contributed by atoms with van der Waals surface area (Å²) in [5, 5.41) is 0. The molecule has 0 radical (unpaired) electrons. The molecule has 0 heterocycles. The zero-order valence-electron chi connectivity index (χ0n) is 15.6. The molecule has 0 fully saturated rings. The van der Waals surface area contributed by atoms with Gasteiger partial charge in [0, 0.05) is 0 Å². The van der Waals surface area contributed by atoms with Crippen molar-refractivity contribution in [3.63, 3.8) is 0 Å². The second-order valence-corrected chi connectivity index (χ2v) is 6.16. The highest BCUT2D eigenvalue weighted by molar-refractivity contribution is 5.94. The van der Waals surface area contributed by atoms with Gasteiger partial charge in [0.1, 0.15) is 0 Å². The smallest absolute Gasteiger partial charge is 0.337 e. The van der Waals surface area contributed by atoms with E-state index in [-0.39, 0.29) is 0 Å². The van der Waals surface area contributed by atoms with Gasteiger partial charge in [0.15, 0.2) is 0 Å². The molecule has 0 aliphatic heterocycles. The molecule has 0 amide bonds. The summed E-state index contributed by atoms with van der Waals surface area (Å²) in [6.45, 7) is 0. The number of esters is 2. The summed E-state index contributed by atoms with van der Waals surface area (Å²) in [6.07, 6.45) is 0. The average molecular weight is 376 g/mol. The predicted molar refractivity (Wildman–Crippen MR) is 109 cm³/mol. The quantitative estimate of drug-likeness (QED) is 0.531. The van der Waals surface area contributed by atoms with E-state index in [4.69, 9.17) is 20.9 Å². The minimum Gasteiger partial charge on any atom is -0.465 e. The van der Waals surface area contributed by atoms with E-state index in [1.165, 1.54) is 14.2 Å². The summed E-state index contributed by atoms with van der Waals surface area (Å²) >= 11 is 0. The SMILES string of the molecule is COC(=O)c1ccc(-c2cc(N)c(N)cc2-c2ccc(C(=O)OC)cc2)cc1. The number of rotatable bonds is 4. The van der Waals surface area contributed by atoms with Crippen LogP contribution in [0.1, 0.15) is 20.7 Å². The van der Waals surface area contributed by atoms with E-state index in [9.17, 15) is 9.59 Å². The Hall–Kier alpha value is -3.80. The van der Waals surface area contributed by atoms with Crippen molar-refractivity contribution >= 4 is 23.3 Å². The molecule has 0 spiro atoms. The standard InChI is InChI=1S/C22H20N2O4/c1-27-21(25)15-7-3-13(4-8-15)17-11-19(23)20(24)12-18(17)14-5-9-16(10-6-14)22(26)28-2/h3-12H,23-24H2,1-2H3. The molecule has 142 valence electrons. The highest BCUT2D eigenvalue weighted by atomic mass is 16.5. The zero-order valence-corrected chi connectivity index (χ0v) is 15.6. The number of nitrogen functional groups attached to an aromatic ring is 2. The van der Waals surface area contributed by atoms with Crippen molar-refractivity contribution in [2.45, 2.75) is 0 Å². The van der Waals surface area contributed by atoms with Gasteiger partial charge in [-0.2, -0.15) is 0 Å². The Morgan fingerprint density at radius 1 is 0.643 bits per heavy atom. The third kappa shape index (κ3) is 3.66. The molecule has 0 saturated heterocycles. The van der Waals surface area contributed by atoms with Crippen molar-refractivity contribution in [1.82, 2.24) is 0 Å². The summed E-state index contributed by atoms with van der Waals surface area (Å²) in [6, 6.07) is 17.7. The van der Waals surface area contributed by atoms with Crippen LogP contribution in [0.5, 0.6) is 0 Å². The van der Waals surface area contributed by atoms with Gasteiger partial charge in [-0.15, -0.1) is 0 Å². The van der Waals surface area contributed by atoms with Crippen LogP contribution in [0.3, 0.4) is 0 Å². The Labute approximate surface area is 162 Å². The minimum absolute atomic E-state index is 0.401. The van der Waals surface area contributed by atoms with E-state index >= 15 is 0 Å². The van der Waals surface area contributed by atoms with Crippen LogP contribution in [0, 0.1) is 0 Å². The maximum atomic E-state index is 11.7. The number of ether oxygens (including phenoxy) is 2. The third-order valence-corrected chi connectivity index (χ3v) is 4.46. The molecule has 0 bridgehead atoms. The fourth-order valence-corrected chi connectivity index (χ4v) is 2.92. The molecule has 3 aromatic carbocycles. The van der Waals surface area contributed by atoms with Gasteiger partial charge >= 0.3 is 11.9 Å². The fraction of sp³-hybridized carbons (Fsp3) is 0.0909. The summed E-state index contributed by atoms with van der Waals surface area (Å²) in [5.74, 6) is -0.802. The first kappa shape index (κ1) is 19.0. The molecule has 0 saturated carbocycles. The first-order valence-corrected chi connectivity index (χ1v) is 8.51. The molecular weight excluding hydrogens is 356 g/mol. The monoisotopic (exact) mass is 376 g/mol. The Bertz CT molecular complexity index is 941. The Kier molecular flexibility index (Phi) is 5.31. The van der Waals surface area contributed by atoms with Crippen LogP contribution in [-0.2, 0) is 9.47 Å². The van der Waals surface area contributed by atoms with Crippen LogP contribution >= 0.6 is 0 Å². The largest absolute Gasteiger partial charge is 0.465 e.